The molecule has 1 atom stereocenters. The Bertz CT molecular complexity index is 759. The predicted molar refractivity (Wildman–Crippen MR) is 100.0 cm³/mol. The summed E-state index contributed by atoms with van der Waals surface area (Å²) in [5.41, 5.74) is 1.89. The minimum absolute atomic E-state index is 0.111. The first kappa shape index (κ1) is 17.7. The molecule has 26 heavy (non-hydrogen) atoms. The maximum Gasteiger partial charge on any atom is 0.409 e. The van der Waals surface area contributed by atoms with Crippen molar-refractivity contribution in [2.45, 2.75) is 25.6 Å². The van der Waals surface area contributed by atoms with E-state index in [1.165, 1.54) is 0 Å². The highest BCUT2D eigenvalue weighted by Gasteiger charge is 2.29. The van der Waals surface area contributed by atoms with E-state index in [0.717, 1.165) is 24.0 Å². The number of nitrogens with one attached hydrogen (secondary N) is 1. The van der Waals surface area contributed by atoms with E-state index in [9.17, 15) is 9.59 Å². The average Bonchev–Trinajstić information content (AvgIpc) is 3.14. The summed E-state index contributed by atoms with van der Waals surface area (Å²) in [4.78, 5) is 26.1. The van der Waals surface area contributed by atoms with E-state index in [0.29, 0.717) is 6.54 Å². The van der Waals surface area contributed by atoms with Crippen LogP contribution in [0.5, 0.6) is 0 Å². The zero-order valence-corrected chi connectivity index (χ0v) is 14.5. The lowest BCUT2D eigenvalue weighted by molar-refractivity contribution is -0.127. The molecule has 2 aromatic carbocycles. The van der Waals surface area contributed by atoms with Crippen molar-refractivity contribution < 1.29 is 14.3 Å². The number of rotatable bonds is 5. The number of carbonyl (C=O) groups excluding carboxylic acids is 2. The molecular weight excluding hydrogens is 328 g/mol. The molecule has 0 spiro atoms. The highest BCUT2D eigenvalue weighted by Crippen LogP contribution is 2.16. The van der Waals surface area contributed by atoms with Crippen LogP contribution < -0.4 is 5.32 Å². The molecule has 134 valence electrons. The largest absolute Gasteiger partial charge is 0.445 e. The van der Waals surface area contributed by atoms with Crippen LogP contribution in [0.4, 0.5) is 4.79 Å². The Hall–Kier alpha value is -3.08. The van der Waals surface area contributed by atoms with Gasteiger partial charge in [-0.05, 0) is 30.0 Å². The van der Waals surface area contributed by atoms with Crippen molar-refractivity contribution in [1.29, 1.82) is 0 Å². The molecule has 0 aliphatic carbocycles. The third-order valence-corrected chi connectivity index (χ3v) is 4.25. The zero-order valence-electron chi connectivity index (χ0n) is 14.5. The first-order valence-electron chi connectivity index (χ1n) is 8.73. The van der Waals surface area contributed by atoms with Crippen LogP contribution in [-0.4, -0.2) is 29.6 Å². The van der Waals surface area contributed by atoms with Gasteiger partial charge in [-0.25, -0.2) is 4.79 Å². The minimum atomic E-state index is -0.509. The Morgan fingerprint density at radius 3 is 2.50 bits per heavy atom. The molecule has 1 aliphatic rings. The van der Waals surface area contributed by atoms with Gasteiger partial charge in [0.05, 0.1) is 0 Å². The number of carbonyl (C=O) groups is 2. The first-order chi connectivity index (χ1) is 12.7. The predicted octanol–water partition coefficient (Wildman–Crippen LogP) is 3.57. The second-order valence-corrected chi connectivity index (χ2v) is 6.14. The molecule has 0 radical (unpaired) electrons. The van der Waals surface area contributed by atoms with Crippen LogP contribution in [0.1, 0.15) is 24.0 Å². The molecule has 5 heteroatoms. The molecule has 1 heterocycles. The molecule has 0 aromatic heterocycles. The lowest BCUT2D eigenvalue weighted by atomic mass is 10.2. The van der Waals surface area contributed by atoms with Crippen molar-refractivity contribution in [3.8, 4) is 0 Å². The zero-order chi connectivity index (χ0) is 18.2. The number of hydrogen-bond acceptors (Lipinski definition) is 3. The second kappa shape index (κ2) is 8.85. The van der Waals surface area contributed by atoms with E-state index in [1.807, 2.05) is 60.7 Å². The van der Waals surface area contributed by atoms with Gasteiger partial charge in [0.1, 0.15) is 12.8 Å². The number of nitrogens with zero attached hydrogens (tertiary/aromatic N) is 1. The quantitative estimate of drug-likeness (QED) is 0.839. The van der Waals surface area contributed by atoms with E-state index in [2.05, 4.69) is 5.32 Å². The summed E-state index contributed by atoms with van der Waals surface area (Å²) in [6.45, 7) is 0.836. The Morgan fingerprint density at radius 2 is 1.77 bits per heavy atom. The van der Waals surface area contributed by atoms with Gasteiger partial charge in [0, 0.05) is 12.6 Å². The van der Waals surface area contributed by atoms with Crippen molar-refractivity contribution in [3.63, 3.8) is 0 Å². The SMILES string of the molecule is O=C(NC1CCCN1C(=O)/C=C\c1ccccc1)OCc1ccccc1. The number of ether oxygens (including phenoxy) is 1. The fraction of sp³-hybridized carbons (Fsp3) is 0.238. The van der Waals surface area contributed by atoms with Crippen LogP contribution in [0, 0.1) is 0 Å². The number of alkyl carbamates (subject to hydrolysis) is 1. The Morgan fingerprint density at radius 1 is 1.08 bits per heavy atom. The van der Waals surface area contributed by atoms with Crippen LogP contribution >= 0.6 is 0 Å². The Kier molecular flexibility index (Phi) is 6.04. The summed E-state index contributed by atoms with van der Waals surface area (Å²) in [5.74, 6) is -0.111. The average molecular weight is 350 g/mol. The van der Waals surface area contributed by atoms with Crippen molar-refractivity contribution in [2.24, 2.45) is 0 Å². The van der Waals surface area contributed by atoms with Crippen molar-refractivity contribution >= 4 is 18.1 Å². The van der Waals surface area contributed by atoms with Crippen LogP contribution in [0.25, 0.3) is 6.08 Å². The van der Waals surface area contributed by atoms with Gasteiger partial charge in [0.15, 0.2) is 0 Å². The van der Waals surface area contributed by atoms with Crippen LogP contribution in [-0.2, 0) is 16.1 Å². The van der Waals surface area contributed by atoms with Gasteiger partial charge in [-0.15, -0.1) is 0 Å². The number of benzene rings is 2. The molecule has 1 fully saturated rings. The number of likely N-dealkylation sites (tertiary alicyclic amines) is 1. The normalized spacial score (nSPS) is 16.6. The van der Waals surface area contributed by atoms with E-state index in [1.54, 1.807) is 17.1 Å². The van der Waals surface area contributed by atoms with Gasteiger partial charge < -0.3 is 15.0 Å². The Labute approximate surface area is 153 Å². The van der Waals surface area contributed by atoms with Crippen molar-refractivity contribution in [3.05, 3.63) is 77.9 Å². The summed E-state index contributed by atoms with van der Waals surface area (Å²) < 4.78 is 5.24. The Balaban J connectivity index is 1.51. The van der Waals surface area contributed by atoms with Crippen LogP contribution in [0.15, 0.2) is 66.7 Å². The molecular formula is C21H22N2O3. The van der Waals surface area contributed by atoms with Crippen LogP contribution in [0.3, 0.4) is 0 Å². The van der Waals surface area contributed by atoms with Gasteiger partial charge in [0.2, 0.25) is 5.91 Å². The molecule has 0 saturated carbocycles. The monoisotopic (exact) mass is 350 g/mol. The summed E-state index contributed by atoms with van der Waals surface area (Å²) >= 11 is 0. The second-order valence-electron chi connectivity index (χ2n) is 6.14. The third kappa shape index (κ3) is 4.96. The standard InChI is InChI=1S/C21H22N2O3/c24-20(14-13-17-8-3-1-4-9-17)23-15-7-12-19(23)22-21(25)26-16-18-10-5-2-6-11-18/h1-6,8-11,13-14,19H,7,12,15-16H2,(H,22,25)/b14-13-. The molecule has 1 saturated heterocycles. The fourth-order valence-corrected chi connectivity index (χ4v) is 2.91. The first-order valence-corrected chi connectivity index (χ1v) is 8.73. The topological polar surface area (TPSA) is 58.6 Å². The van der Waals surface area contributed by atoms with Gasteiger partial charge in [-0.2, -0.15) is 0 Å². The third-order valence-electron chi connectivity index (χ3n) is 4.25. The molecule has 5 nitrogen and oxygen atoms in total. The van der Waals surface area contributed by atoms with E-state index in [4.69, 9.17) is 4.74 Å². The lowest BCUT2D eigenvalue weighted by Crippen LogP contribution is -2.46. The minimum Gasteiger partial charge on any atom is -0.445 e. The van der Waals surface area contributed by atoms with Crippen molar-refractivity contribution in [1.82, 2.24) is 10.2 Å². The smallest absolute Gasteiger partial charge is 0.409 e. The molecule has 1 N–H and O–H groups in total. The maximum atomic E-state index is 12.4. The van der Waals surface area contributed by atoms with Gasteiger partial charge in [-0.3, -0.25) is 4.79 Å². The summed E-state index contributed by atoms with van der Waals surface area (Å²) in [7, 11) is 0. The fourth-order valence-electron chi connectivity index (χ4n) is 2.91. The maximum absolute atomic E-state index is 12.4. The van der Waals surface area contributed by atoms with Gasteiger partial charge in [0.25, 0.3) is 0 Å². The molecule has 2 amide bonds. The molecule has 3 rings (SSSR count). The molecule has 2 aromatic rings. The molecule has 1 unspecified atom stereocenters. The van der Waals surface area contributed by atoms with Crippen molar-refractivity contribution in [2.75, 3.05) is 6.54 Å². The van der Waals surface area contributed by atoms with E-state index >= 15 is 0 Å². The summed E-state index contributed by atoms with van der Waals surface area (Å²) in [6.07, 6.45) is 4.08. The van der Waals surface area contributed by atoms with E-state index < -0.39 is 6.09 Å². The number of hydrogen-bond donors (Lipinski definition) is 1. The lowest BCUT2D eigenvalue weighted by Gasteiger charge is -2.24. The highest BCUT2D eigenvalue weighted by atomic mass is 16.5. The molecule has 1 aliphatic heterocycles. The highest BCUT2D eigenvalue weighted by molar-refractivity contribution is 5.92. The summed E-state index contributed by atoms with van der Waals surface area (Å²) in [5, 5.41) is 2.79. The van der Waals surface area contributed by atoms with Gasteiger partial charge in [-0.1, -0.05) is 60.7 Å². The summed E-state index contributed by atoms with van der Waals surface area (Å²) in [6, 6.07) is 19.1. The molecule has 0 bridgehead atoms. The van der Waals surface area contributed by atoms with Gasteiger partial charge >= 0.3 is 6.09 Å². The van der Waals surface area contributed by atoms with Crippen LogP contribution in [0.2, 0.25) is 0 Å². The van der Waals surface area contributed by atoms with E-state index in [-0.39, 0.29) is 18.7 Å². The number of amides is 2.